The number of rotatable bonds is 1. The second-order valence-corrected chi connectivity index (χ2v) is 5.70. The zero-order chi connectivity index (χ0) is 13.3. The first kappa shape index (κ1) is 12.6. The second kappa shape index (κ2) is 4.93. The summed E-state index contributed by atoms with van der Waals surface area (Å²) in [5.41, 5.74) is 1.02. The highest BCUT2D eigenvalue weighted by molar-refractivity contribution is 5.78. The van der Waals surface area contributed by atoms with Crippen LogP contribution in [-0.2, 0) is 4.79 Å². The summed E-state index contributed by atoms with van der Waals surface area (Å²) in [4.78, 5) is 11.8. The Bertz CT molecular complexity index is 483. The number of piperidine rings is 2. The maximum atomic E-state index is 13.5. The van der Waals surface area contributed by atoms with Crippen molar-refractivity contribution in [2.75, 3.05) is 19.6 Å². The summed E-state index contributed by atoms with van der Waals surface area (Å²) in [7, 11) is 0. The molecular weight excluding hydrogens is 243 g/mol. The smallest absolute Gasteiger partial charge is 0.220 e. The Hall–Kier alpha value is -1.42. The Labute approximate surface area is 112 Å². The Morgan fingerprint density at radius 1 is 1.26 bits per heavy atom. The molecule has 1 spiro atoms. The molecule has 2 heterocycles. The highest BCUT2D eigenvalue weighted by Gasteiger charge is 2.44. The van der Waals surface area contributed by atoms with Crippen LogP contribution in [0.3, 0.4) is 0 Å². The molecule has 0 bridgehead atoms. The van der Waals surface area contributed by atoms with Gasteiger partial charge < -0.3 is 10.6 Å². The molecule has 1 aromatic carbocycles. The van der Waals surface area contributed by atoms with E-state index >= 15 is 0 Å². The minimum absolute atomic E-state index is 0.00137. The average molecular weight is 262 g/mol. The van der Waals surface area contributed by atoms with Gasteiger partial charge in [0, 0.05) is 18.9 Å². The molecule has 4 heteroatoms. The molecule has 102 valence electrons. The van der Waals surface area contributed by atoms with Crippen LogP contribution in [0.15, 0.2) is 24.3 Å². The number of halogens is 1. The largest absolute Gasteiger partial charge is 0.355 e. The molecule has 2 fully saturated rings. The molecule has 0 radical (unpaired) electrons. The Morgan fingerprint density at radius 3 is 2.79 bits per heavy atom. The minimum atomic E-state index is -0.196. The molecule has 0 aromatic heterocycles. The monoisotopic (exact) mass is 262 g/mol. The van der Waals surface area contributed by atoms with Gasteiger partial charge in [-0.15, -0.1) is 0 Å². The highest BCUT2D eigenvalue weighted by atomic mass is 19.1. The van der Waals surface area contributed by atoms with Gasteiger partial charge in [-0.25, -0.2) is 4.39 Å². The van der Waals surface area contributed by atoms with Gasteiger partial charge in [0.2, 0.25) is 5.91 Å². The van der Waals surface area contributed by atoms with E-state index in [-0.39, 0.29) is 23.1 Å². The average Bonchev–Trinajstić information content (AvgIpc) is 2.39. The number of carbonyl (C=O) groups is 1. The van der Waals surface area contributed by atoms with Crippen molar-refractivity contribution in [3.63, 3.8) is 0 Å². The third-order valence-corrected chi connectivity index (χ3v) is 4.61. The van der Waals surface area contributed by atoms with E-state index in [4.69, 9.17) is 0 Å². The van der Waals surface area contributed by atoms with Gasteiger partial charge in [-0.2, -0.15) is 0 Å². The summed E-state index contributed by atoms with van der Waals surface area (Å²) in [6.45, 7) is 2.51. The van der Waals surface area contributed by atoms with E-state index in [1.807, 2.05) is 6.07 Å². The van der Waals surface area contributed by atoms with Crippen LogP contribution in [0.1, 0.15) is 30.7 Å². The molecule has 2 N–H and O–H groups in total. The Balaban J connectivity index is 1.95. The summed E-state index contributed by atoms with van der Waals surface area (Å²) < 4.78 is 13.5. The van der Waals surface area contributed by atoms with Gasteiger partial charge in [-0.1, -0.05) is 12.1 Å². The molecule has 3 rings (SSSR count). The van der Waals surface area contributed by atoms with Crippen LogP contribution in [0, 0.1) is 11.2 Å². The van der Waals surface area contributed by atoms with Gasteiger partial charge in [-0.3, -0.25) is 4.79 Å². The van der Waals surface area contributed by atoms with E-state index in [0.717, 1.165) is 31.5 Å². The number of hydrogen-bond acceptors (Lipinski definition) is 2. The van der Waals surface area contributed by atoms with Crippen molar-refractivity contribution in [3.05, 3.63) is 35.6 Å². The molecule has 1 atom stereocenters. The normalized spacial score (nSPS) is 26.2. The van der Waals surface area contributed by atoms with Crippen LogP contribution < -0.4 is 10.6 Å². The van der Waals surface area contributed by atoms with E-state index in [2.05, 4.69) is 10.6 Å². The Kier molecular flexibility index (Phi) is 3.27. The lowest BCUT2D eigenvalue weighted by Crippen LogP contribution is -2.51. The molecular formula is C15H19FN2O. The van der Waals surface area contributed by atoms with E-state index in [0.29, 0.717) is 13.0 Å². The number of hydrogen-bond donors (Lipinski definition) is 2. The van der Waals surface area contributed by atoms with Crippen LogP contribution in [0.25, 0.3) is 0 Å². The topological polar surface area (TPSA) is 41.1 Å². The standard InChI is InChI=1S/C15H19FN2O/c16-12-3-1-2-11(8-12)13-10-18-14(19)9-15(13)4-6-17-7-5-15/h1-3,8,13,17H,4-7,9-10H2,(H,18,19)/t13-/m1/s1. The van der Waals surface area contributed by atoms with Crippen molar-refractivity contribution in [2.24, 2.45) is 5.41 Å². The van der Waals surface area contributed by atoms with Crippen LogP contribution in [0.5, 0.6) is 0 Å². The summed E-state index contributed by atoms with van der Waals surface area (Å²) in [6, 6.07) is 6.83. The second-order valence-electron chi connectivity index (χ2n) is 5.70. The lowest BCUT2D eigenvalue weighted by atomic mass is 9.63. The van der Waals surface area contributed by atoms with Crippen molar-refractivity contribution < 1.29 is 9.18 Å². The molecule has 19 heavy (non-hydrogen) atoms. The van der Waals surface area contributed by atoms with Crippen LogP contribution in [0.4, 0.5) is 4.39 Å². The van der Waals surface area contributed by atoms with Gasteiger partial charge in [-0.05, 0) is 49.0 Å². The van der Waals surface area contributed by atoms with Gasteiger partial charge in [0.15, 0.2) is 0 Å². The van der Waals surface area contributed by atoms with Crippen LogP contribution in [0.2, 0.25) is 0 Å². The fourth-order valence-corrected chi connectivity index (χ4v) is 3.58. The van der Waals surface area contributed by atoms with E-state index < -0.39 is 0 Å². The first-order valence-electron chi connectivity index (χ1n) is 6.92. The Morgan fingerprint density at radius 2 is 2.05 bits per heavy atom. The third kappa shape index (κ3) is 2.37. The summed E-state index contributed by atoms with van der Waals surface area (Å²) in [5.74, 6) is 0.163. The van der Waals surface area contributed by atoms with Crippen LogP contribution >= 0.6 is 0 Å². The van der Waals surface area contributed by atoms with E-state index in [9.17, 15) is 9.18 Å². The third-order valence-electron chi connectivity index (χ3n) is 4.61. The van der Waals surface area contributed by atoms with Gasteiger partial charge in [0.05, 0.1) is 0 Å². The summed E-state index contributed by atoms with van der Waals surface area (Å²) in [6.07, 6.45) is 2.54. The molecule has 1 amide bonds. The maximum absolute atomic E-state index is 13.5. The molecule has 2 saturated heterocycles. The zero-order valence-corrected chi connectivity index (χ0v) is 10.9. The maximum Gasteiger partial charge on any atom is 0.220 e. The van der Waals surface area contributed by atoms with Crippen molar-refractivity contribution in [3.8, 4) is 0 Å². The zero-order valence-electron chi connectivity index (χ0n) is 10.9. The fourth-order valence-electron chi connectivity index (χ4n) is 3.58. The van der Waals surface area contributed by atoms with Gasteiger partial charge in [0.25, 0.3) is 0 Å². The quantitative estimate of drug-likeness (QED) is 0.810. The molecule has 0 saturated carbocycles. The minimum Gasteiger partial charge on any atom is -0.355 e. The van der Waals surface area contributed by atoms with Crippen molar-refractivity contribution >= 4 is 5.91 Å². The number of carbonyl (C=O) groups excluding carboxylic acids is 1. The molecule has 0 unspecified atom stereocenters. The SMILES string of the molecule is O=C1CC2(CCNCC2)[C@@H](c2cccc(F)c2)CN1. The van der Waals surface area contributed by atoms with Crippen LogP contribution in [-0.4, -0.2) is 25.5 Å². The van der Waals surface area contributed by atoms with Crippen molar-refractivity contribution in [2.45, 2.75) is 25.2 Å². The number of benzene rings is 1. The van der Waals surface area contributed by atoms with Gasteiger partial charge in [0.1, 0.15) is 5.82 Å². The van der Waals surface area contributed by atoms with Crippen molar-refractivity contribution in [1.29, 1.82) is 0 Å². The highest BCUT2D eigenvalue weighted by Crippen LogP contribution is 2.47. The van der Waals surface area contributed by atoms with E-state index in [1.54, 1.807) is 12.1 Å². The first-order valence-corrected chi connectivity index (χ1v) is 6.92. The van der Waals surface area contributed by atoms with Gasteiger partial charge >= 0.3 is 0 Å². The summed E-state index contributed by atoms with van der Waals surface area (Å²) >= 11 is 0. The number of nitrogens with one attached hydrogen (secondary N) is 2. The predicted octanol–water partition coefficient (Wildman–Crippen LogP) is 1.80. The molecule has 0 aliphatic carbocycles. The molecule has 2 aliphatic heterocycles. The predicted molar refractivity (Wildman–Crippen MR) is 71.3 cm³/mol. The lowest BCUT2D eigenvalue weighted by molar-refractivity contribution is -0.127. The van der Waals surface area contributed by atoms with E-state index in [1.165, 1.54) is 6.07 Å². The summed E-state index contributed by atoms with van der Waals surface area (Å²) in [5, 5.41) is 6.29. The molecule has 2 aliphatic rings. The first-order chi connectivity index (χ1) is 9.20. The molecule has 3 nitrogen and oxygen atoms in total. The van der Waals surface area contributed by atoms with Crippen molar-refractivity contribution in [1.82, 2.24) is 10.6 Å². The fraction of sp³-hybridized carbons (Fsp3) is 0.533. The number of amides is 1. The lowest BCUT2D eigenvalue weighted by Gasteiger charge is -2.46. The molecule has 1 aromatic rings.